The van der Waals surface area contributed by atoms with Crippen LogP contribution in [0.2, 0.25) is 5.02 Å². The molecule has 0 aromatic heterocycles. The smallest absolute Gasteiger partial charge is 0.335 e. The molecular formula is C12H14ClNO4S. The Morgan fingerprint density at radius 2 is 1.95 bits per heavy atom. The Balaban J connectivity index is 2.06. The molecule has 1 saturated heterocycles. The van der Waals surface area contributed by atoms with E-state index in [1.54, 1.807) is 6.07 Å². The molecule has 1 aliphatic heterocycles. The lowest BCUT2D eigenvalue weighted by Crippen LogP contribution is -2.32. The summed E-state index contributed by atoms with van der Waals surface area (Å²) in [7, 11) is -2.89. The van der Waals surface area contributed by atoms with Gasteiger partial charge >= 0.3 is 5.97 Å². The lowest BCUT2D eigenvalue weighted by Gasteiger charge is -2.24. The number of carbonyl (C=O) groups is 1. The van der Waals surface area contributed by atoms with E-state index in [9.17, 15) is 13.2 Å². The van der Waals surface area contributed by atoms with E-state index >= 15 is 0 Å². The van der Waals surface area contributed by atoms with Gasteiger partial charge in [0.2, 0.25) is 0 Å². The molecule has 1 fully saturated rings. The van der Waals surface area contributed by atoms with Crippen molar-refractivity contribution in [3.63, 3.8) is 0 Å². The number of hydrogen-bond acceptors (Lipinski definition) is 4. The molecule has 1 heterocycles. The lowest BCUT2D eigenvalue weighted by molar-refractivity contribution is 0.0697. The number of carboxylic acids is 1. The highest BCUT2D eigenvalue weighted by Crippen LogP contribution is 2.26. The van der Waals surface area contributed by atoms with Gasteiger partial charge in [0, 0.05) is 6.04 Å². The maximum Gasteiger partial charge on any atom is 0.335 e. The van der Waals surface area contributed by atoms with Crippen molar-refractivity contribution in [2.75, 3.05) is 16.8 Å². The molecule has 0 atom stereocenters. The van der Waals surface area contributed by atoms with E-state index in [0.29, 0.717) is 23.6 Å². The Hall–Kier alpha value is -1.27. The Morgan fingerprint density at radius 1 is 1.32 bits per heavy atom. The monoisotopic (exact) mass is 303 g/mol. The molecular weight excluding hydrogens is 290 g/mol. The van der Waals surface area contributed by atoms with Crippen LogP contribution in [-0.2, 0) is 9.84 Å². The molecule has 0 radical (unpaired) electrons. The zero-order valence-corrected chi connectivity index (χ0v) is 11.7. The predicted octanol–water partition coefficient (Wildman–Crippen LogP) is 2.03. The van der Waals surface area contributed by atoms with E-state index in [-0.39, 0.29) is 23.1 Å². The van der Waals surface area contributed by atoms with Crippen LogP contribution in [0.5, 0.6) is 0 Å². The number of nitrogens with one attached hydrogen (secondary N) is 1. The number of halogens is 1. The molecule has 0 amide bonds. The van der Waals surface area contributed by atoms with Crippen LogP contribution in [0.3, 0.4) is 0 Å². The average molecular weight is 304 g/mol. The largest absolute Gasteiger partial charge is 0.478 e. The Morgan fingerprint density at radius 3 is 2.47 bits per heavy atom. The summed E-state index contributed by atoms with van der Waals surface area (Å²) in [5.74, 6) is -0.678. The second-order valence-electron chi connectivity index (χ2n) is 4.57. The maximum atomic E-state index is 11.3. The number of anilines is 1. The van der Waals surface area contributed by atoms with Crippen molar-refractivity contribution >= 4 is 33.1 Å². The summed E-state index contributed by atoms with van der Waals surface area (Å²) in [5.41, 5.74) is 0.762. The van der Waals surface area contributed by atoms with Gasteiger partial charge in [-0.1, -0.05) is 11.6 Å². The quantitative estimate of drug-likeness (QED) is 0.892. The Bertz CT molecular complexity index is 586. The summed E-state index contributed by atoms with van der Waals surface area (Å²) in [4.78, 5) is 10.8. The van der Waals surface area contributed by atoms with E-state index in [4.69, 9.17) is 16.7 Å². The summed E-state index contributed by atoms with van der Waals surface area (Å²) in [6.07, 6.45) is 1.08. The van der Waals surface area contributed by atoms with Gasteiger partial charge in [-0.2, -0.15) is 0 Å². The fourth-order valence-electron chi connectivity index (χ4n) is 2.02. The number of aromatic carboxylic acids is 1. The van der Waals surface area contributed by atoms with Gasteiger partial charge in [-0.3, -0.25) is 0 Å². The highest BCUT2D eigenvalue weighted by Gasteiger charge is 2.23. The number of hydrogen-bond donors (Lipinski definition) is 2. The van der Waals surface area contributed by atoms with Crippen LogP contribution in [0.15, 0.2) is 18.2 Å². The van der Waals surface area contributed by atoms with Crippen LogP contribution >= 0.6 is 11.6 Å². The molecule has 0 aliphatic carbocycles. The van der Waals surface area contributed by atoms with Crippen LogP contribution < -0.4 is 5.32 Å². The minimum atomic E-state index is -2.89. The van der Waals surface area contributed by atoms with E-state index in [2.05, 4.69) is 5.32 Å². The minimum absolute atomic E-state index is 0.0525. The molecule has 0 saturated carbocycles. The SMILES string of the molecule is O=C(O)c1ccc(NC2CCS(=O)(=O)CC2)c(Cl)c1. The van der Waals surface area contributed by atoms with E-state index in [1.807, 2.05) is 0 Å². The zero-order valence-electron chi connectivity index (χ0n) is 10.1. The molecule has 2 rings (SSSR count). The highest BCUT2D eigenvalue weighted by atomic mass is 35.5. The average Bonchev–Trinajstić information content (AvgIpc) is 2.34. The number of rotatable bonds is 3. The van der Waals surface area contributed by atoms with Crippen molar-refractivity contribution < 1.29 is 18.3 Å². The van der Waals surface area contributed by atoms with Crippen LogP contribution in [0, 0.1) is 0 Å². The molecule has 1 aromatic carbocycles. The van der Waals surface area contributed by atoms with Crippen LogP contribution in [0.25, 0.3) is 0 Å². The Labute approximate surface area is 116 Å². The first-order valence-electron chi connectivity index (χ1n) is 5.87. The van der Waals surface area contributed by atoms with Crippen molar-refractivity contribution in [2.45, 2.75) is 18.9 Å². The summed E-state index contributed by atoms with van der Waals surface area (Å²) >= 11 is 6.00. The predicted molar refractivity (Wildman–Crippen MR) is 73.7 cm³/mol. The maximum absolute atomic E-state index is 11.3. The topological polar surface area (TPSA) is 83.5 Å². The normalized spacial score (nSPS) is 19.0. The summed E-state index contributed by atoms with van der Waals surface area (Å²) in [6.45, 7) is 0. The number of carboxylic acid groups (broad SMARTS) is 1. The molecule has 1 aliphatic rings. The minimum Gasteiger partial charge on any atom is -0.478 e. The molecule has 19 heavy (non-hydrogen) atoms. The van der Waals surface area contributed by atoms with Crippen molar-refractivity contribution in [3.05, 3.63) is 28.8 Å². The van der Waals surface area contributed by atoms with Gasteiger partial charge in [0.15, 0.2) is 0 Å². The first-order valence-corrected chi connectivity index (χ1v) is 8.07. The molecule has 0 unspecified atom stereocenters. The van der Waals surface area contributed by atoms with Gasteiger partial charge in [-0.15, -0.1) is 0 Å². The standard InChI is InChI=1S/C12H14ClNO4S/c13-10-7-8(12(15)16)1-2-11(10)14-9-3-5-19(17,18)6-4-9/h1-2,7,9,14H,3-6H2,(H,15,16). The van der Waals surface area contributed by atoms with Crippen molar-refractivity contribution in [3.8, 4) is 0 Å². The fraction of sp³-hybridized carbons (Fsp3) is 0.417. The molecule has 0 spiro atoms. The van der Waals surface area contributed by atoms with Crippen molar-refractivity contribution in [1.82, 2.24) is 0 Å². The summed E-state index contributed by atoms with van der Waals surface area (Å²) in [5, 5.41) is 12.3. The second kappa shape index (κ2) is 5.38. The summed E-state index contributed by atoms with van der Waals surface area (Å²) in [6, 6.07) is 4.51. The van der Waals surface area contributed by atoms with Gasteiger partial charge in [-0.25, -0.2) is 13.2 Å². The zero-order chi connectivity index (χ0) is 14.0. The number of benzene rings is 1. The molecule has 1 aromatic rings. The summed E-state index contributed by atoms with van der Waals surface area (Å²) < 4.78 is 22.6. The van der Waals surface area contributed by atoms with Gasteiger partial charge < -0.3 is 10.4 Å². The molecule has 104 valence electrons. The first-order chi connectivity index (χ1) is 8.87. The highest BCUT2D eigenvalue weighted by molar-refractivity contribution is 7.91. The van der Waals surface area contributed by atoms with E-state index in [0.717, 1.165) is 0 Å². The fourth-order valence-corrected chi connectivity index (χ4v) is 3.75. The third-order valence-electron chi connectivity index (χ3n) is 3.13. The van der Waals surface area contributed by atoms with Gasteiger partial charge in [0.1, 0.15) is 9.84 Å². The van der Waals surface area contributed by atoms with Crippen LogP contribution in [-0.4, -0.2) is 37.0 Å². The van der Waals surface area contributed by atoms with Gasteiger partial charge in [0.05, 0.1) is 27.8 Å². The van der Waals surface area contributed by atoms with E-state index < -0.39 is 15.8 Å². The lowest BCUT2D eigenvalue weighted by atomic mass is 10.1. The third-order valence-corrected chi connectivity index (χ3v) is 5.16. The van der Waals surface area contributed by atoms with Crippen molar-refractivity contribution in [1.29, 1.82) is 0 Å². The van der Waals surface area contributed by atoms with Crippen molar-refractivity contribution in [2.24, 2.45) is 0 Å². The Kier molecular flexibility index (Phi) is 4.01. The van der Waals surface area contributed by atoms with E-state index in [1.165, 1.54) is 12.1 Å². The first kappa shape index (κ1) is 14.1. The number of sulfone groups is 1. The second-order valence-corrected chi connectivity index (χ2v) is 7.28. The van der Waals surface area contributed by atoms with Gasteiger partial charge in [-0.05, 0) is 31.0 Å². The third kappa shape index (κ3) is 3.61. The molecule has 2 N–H and O–H groups in total. The van der Waals surface area contributed by atoms with Gasteiger partial charge in [0.25, 0.3) is 0 Å². The molecule has 0 bridgehead atoms. The van der Waals surface area contributed by atoms with Crippen LogP contribution in [0.1, 0.15) is 23.2 Å². The molecule has 7 heteroatoms. The van der Waals surface area contributed by atoms with Crippen LogP contribution in [0.4, 0.5) is 5.69 Å². The molecule has 5 nitrogen and oxygen atoms in total.